The highest BCUT2D eigenvalue weighted by Gasteiger charge is 2.30. The van der Waals surface area contributed by atoms with Crippen molar-refractivity contribution in [1.82, 2.24) is 20.4 Å². The minimum absolute atomic E-state index is 0.161. The first-order chi connectivity index (χ1) is 16.8. The molecular formula is C25H25Cl3N4O2S. The molecule has 0 bridgehead atoms. The third-order valence-corrected chi connectivity index (χ3v) is 7.18. The molecule has 1 aliphatic rings. The lowest BCUT2D eigenvalue weighted by Gasteiger charge is -2.17. The summed E-state index contributed by atoms with van der Waals surface area (Å²) >= 11 is 20.3. The van der Waals surface area contributed by atoms with Gasteiger partial charge in [-0.1, -0.05) is 46.9 Å². The van der Waals surface area contributed by atoms with Crippen LogP contribution in [0.1, 0.15) is 35.3 Å². The minimum atomic E-state index is -0.641. The molecule has 2 N–H and O–H groups in total. The van der Waals surface area contributed by atoms with E-state index in [1.165, 1.54) is 0 Å². The Kier molecular flexibility index (Phi) is 8.32. The Morgan fingerprint density at radius 1 is 1.11 bits per heavy atom. The van der Waals surface area contributed by atoms with Crippen LogP contribution in [0.3, 0.4) is 0 Å². The van der Waals surface area contributed by atoms with Crippen molar-refractivity contribution in [2.45, 2.75) is 38.3 Å². The van der Waals surface area contributed by atoms with E-state index in [2.05, 4.69) is 15.7 Å². The number of hydrogen-bond acceptors (Lipinski definition) is 4. The zero-order chi connectivity index (χ0) is 25.1. The van der Waals surface area contributed by atoms with Crippen LogP contribution >= 0.6 is 46.6 Å². The van der Waals surface area contributed by atoms with Crippen molar-refractivity contribution in [3.63, 3.8) is 0 Å². The number of hydrogen-bond donors (Lipinski definition) is 2. The Morgan fingerprint density at radius 3 is 2.43 bits per heavy atom. The van der Waals surface area contributed by atoms with Gasteiger partial charge in [-0.25, -0.2) is 4.68 Å². The lowest BCUT2D eigenvalue weighted by molar-refractivity contribution is -0.123. The molecule has 0 aliphatic heterocycles. The Morgan fingerprint density at radius 2 is 1.80 bits per heavy atom. The van der Waals surface area contributed by atoms with Crippen molar-refractivity contribution in [3.05, 3.63) is 68.8 Å². The topological polar surface area (TPSA) is 76.0 Å². The molecule has 0 spiro atoms. The highest BCUT2D eigenvalue weighted by molar-refractivity contribution is 7.98. The number of amides is 2. The molecular weight excluding hydrogens is 527 g/mol. The fraction of sp³-hybridized carbons (Fsp3) is 0.320. The molecule has 0 radical (unpaired) electrons. The third kappa shape index (κ3) is 6.15. The Bertz CT molecular complexity index is 1240. The molecule has 0 unspecified atom stereocenters. The summed E-state index contributed by atoms with van der Waals surface area (Å²) < 4.78 is 1.63. The maximum Gasteiger partial charge on any atom is 0.272 e. The van der Waals surface area contributed by atoms with Crippen LogP contribution in [0.5, 0.6) is 0 Å². The van der Waals surface area contributed by atoms with Gasteiger partial charge in [-0.15, -0.1) is 0 Å². The van der Waals surface area contributed by atoms with Gasteiger partial charge in [0.25, 0.3) is 5.91 Å². The Labute approximate surface area is 223 Å². The zero-order valence-electron chi connectivity index (χ0n) is 19.3. The standard InChI is InChI=1S/C25H25Cl3N4O2S/c1-14-22(25(34)30-20(11-12-35-2)24(33)29-18-8-9-18)31-32(21-10-7-17(27)13-19(21)28)23(14)15-3-5-16(26)6-4-15/h3-7,10,13,18,20H,8-9,11-12H2,1-2H3,(H,29,33)(H,30,34)/t20-/m0/s1. The number of nitrogens with one attached hydrogen (secondary N) is 2. The van der Waals surface area contributed by atoms with Crippen LogP contribution in [0.2, 0.25) is 15.1 Å². The second-order valence-corrected chi connectivity index (χ2v) is 10.7. The molecule has 4 rings (SSSR count). The number of rotatable bonds is 9. The monoisotopic (exact) mass is 550 g/mol. The number of nitrogens with zero attached hydrogens (tertiary/aromatic N) is 2. The fourth-order valence-corrected chi connectivity index (χ4v) is 4.83. The molecule has 1 fully saturated rings. The van der Waals surface area contributed by atoms with Gasteiger partial charge in [0.05, 0.1) is 16.4 Å². The van der Waals surface area contributed by atoms with Crippen LogP contribution in [0.4, 0.5) is 0 Å². The number of carbonyl (C=O) groups excluding carboxylic acids is 2. The average molecular weight is 552 g/mol. The van der Waals surface area contributed by atoms with E-state index in [1.807, 2.05) is 25.3 Å². The van der Waals surface area contributed by atoms with Crippen LogP contribution in [0.15, 0.2) is 42.5 Å². The van der Waals surface area contributed by atoms with E-state index in [4.69, 9.17) is 34.8 Å². The lowest BCUT2D eigenvalue weighted by Crippen LogP contribution is -2.47. The van der Waals surface area contributed by atoms with Crippen LogP contribution < -0.4 is 10.6 Å². The molecule has 3 aromatic rings. The summed E-state index contributed by atoms with van der Waals surface area (Å²) in [6.07, 6.45) is 4.45. The maximum absolute atomic E-state index is 13.4. The minimum Gasteiger partial charge on any atom is -0.352 e. The van der Waals surface area contributed by atoms with Gasteiger partial charge in [0.15, 0.2) is 5.69 Å². The smallest absolute Gasteiger partial charge is 0.272 e. The van der Waals surface area contributed by atoms with Crippen molar-refractivity contribution in [1.29, 1.82) is 0 Å². The molecule has 1 atom stereocenters. The first kappa shape index (κ1) is 25.9. The van der Waals surface area contributed by atoms with E-state index < -0.39 is 11.9 Å². The van der Waals surface area contributed by atoms with Gasteiger partial charge < -0.3 is 10.6 Å². The number of thioether (sulfide) groups is 1. The van der Waals surface area contributed by atoms with Gasteiger partial charge >= 0.3 is 0 Å². The first-order valence-corrected chi connectivity index (χ1v) is 13.7. The number of benzene rings is 2. The summed E-state index contributed by atoms with van der Waals surface area (Å²) in [5.41, 5.74) is 2.96. The number of halogens is 3. The lowest BCUT2D eigenvalue weighted by atomic mass is 10.1. The number of aromatic nitrogens is 2. The molecule has 35 heavy (non-hydrogen) atoms. The van der Waals surface area contributed by atoms with E-state index in [0.29, 0.717) is 38.4 Å². The highest BCUT2D eigenvalue weighted by atomic mass is 35.5. The van der Waals surface area contributed by atoms with Crippen molar-refractivity contribution in [3.8, 4) is 16.9 Å². The molecule has 6 nitrogen and oxygen atoms in total. The van der Waals surface area contributed by atoms with Gasteiger partial charge in [-0.3, -0.25) is 9.59 Å². The van der Waals surface area contributed by atoms with Crippen molar-refractivity contribution in [2.75, 3.05) is 12.0 Å². The molecule has 2 amide bonds. The summed E-state index contributed by atoms with van der Waals surface area (Å²) in [4.78, 5) is 26.2. The average Bonchev–Trinajstić information content (AvgIpc) is 3.57. The quantitative estimate of drug-likeness (QED) is 0.345. The van der Waals surface area contributed by atoms with Gasteiger partial charge in [0.1, 0.15) is 6.04 Å². The molecule has 0 saturated heterocycles. The third-order valence-electron chi connectivity index (χ3n) is 5.75. The predicted octanol–water partition coefficient (Wildman–Crippen LogP) is 5.94. The molecule has 184 valence electrons. The molecule has 1 aliphatic carbocycles. The maximum atomic E-state index is 13.4. The first-order valence-electron chi connectivity index (χ1n) is 11.2. The van der Waals surface area contributed by atoms with Crippen LogP contribution in [0.25, 0.3) is 16.9 Å². The summed E-state index contributed by atoms with van der Waals surface area (Å²) in [5.74, 6) is 0.164. The molecule has 1 heterocycles. The fourth-order valence-electron chi connectivity index (χ4n) is 3.75. The number of carbonyl (C=O) groups is 2. The van der Waals surface area contributed by atoms with Crippen molar-refractivity contribution in [2.24, 2.45) is 0 Å². The van der Waals surface area contributed by atoms with E-state index in [1.54, 1.807) is 46.8 Å². The second-order valence-electron chi connectivity index (χ2n) is 8.43. The van der Waals surface area contributed by atoms with Gasteiger partial charge in [-0.2, -0.15) is 16.9 Å². The zero-order valence-corrected chi connectivity index (χ0v) is 22.4. The predicted molar refractivity (Wildman–Crippen MR) is 144 cm³/mol. The molecule has 1 saturated carbocycles. The normalized spacial score (nSPS) is 14.0. The van der Waals surface area contributed by atoms with Gasteiger partial charge in [-0.05, 0) is 68.5 Å². The summed E-state index contributed by atoms with van der Waals surface area (Å²) in [6.45, 7) is 1.83. The second kappa shape index (κ2) is 11.2. The Hall–Kier alpha value is -2.19. The summed E-state index contributed by atoms with van der Waals surface area (Å²) in [6, 6.07) is 11.9. The van der Waals surface area contributed by atoms with E-state index >= 15 is 0 Å². The summed E-state index contributed by atoms with van der Waals surface area (Å²) in [5, 5.41) is 12.0. The van der Waals surface area contributed by atoms with Gasteiger partial charge in [0, 0.05) is 27.2 Å². The van der Waals surface area contributed by atoms with E-state index in [0.717, 1.165) is 24.2 Å². The van der Waals surface area contributed by atoms with E-state index in [9.17, 15) is 9.59 Å². The SMILES string of the molecule is CSCC[C@H](NC(=O)c1nn(-c2ccc(Cl)cc2Cl)c(-c2ccc(Cl)cc2)c1C)C(=O)NC1CC1. The highest BCUT2D eigenvalue weighted by Crippen LogP contribution is 2.33. The Balaban J connectivity index is 1.73. The van der Waals surface area contributed by atoms with Gasteiger partial charge in [0.2, 0.25) is 5.91 Å². The largest absolute Gasteiger partial charge is 0.352 e. The van der Waals surface area contributed by atoms with Crippen LogP contribution in [0, 0.1) is 6.92 Å². The van der Waals surface area contributed by atoms with Crippen LogP contribution in [-0.2, 0) is 4.79 Å². The van der Waals surface area contributed by atoms with Crippen LogP contribution in [-0.4, -0.2) is 45.7 Å². The molecule has 10 heteroatoms. The molecule has 1 aromatic heterocycles. The molecule has 2 aromatic carbocycles. The van der Waals surface area contributed by atoms with E-state index in [-0.39, 0.29) is 17.6 Å². The summed E-state index contributed by atoms with van der Waals surface area (Å²) in [7, 11) is 0. The van der Waals surface area contributed by atoms with Crippen molar-refractivity contribution >= 4 is 58.4 Å². The van der Waals surface area contributed by atoms with Crippen molar-refractivity contribution < 1.29 is 9.59 Å².